The number of carbonyl (C=O) groups is 1. The summed E-state index contributed by atoms with van der Waals surface area (Å²) in [6.07, 6.45) is -2.90. The zero-order chi connectivity index (χ0) is 19.6. The van der Waals surface area contributed by atoms with Crippen LogP contribution in [0, 0.1) is 0 Å². The minimum Gasteiger partial charge on any atom is -0.465 e. The highest BCUT2D eigenvalue weighted by molar-refractivity contribution is 5.65. The number of hydrogen-bond donors (Lipinski definition) is 6. The Balaban J connectivity index is 1.98. The van der Waals surface area contributed by atoms with Gasteiger partial charge >= 0.3 is 6.09 Å². The SMILES string of the molecule is O=C(O)N[C@@H](Cc1ccccc1)[C@@H](O)CN[C@@H](CO)C(O)c1ccccc1. The van der Waals surface area contributed by atoms with Crippen LogP contribution in [0.3, 0.4) is 0 Å². The van der Waals surface area contributed by atoms with Crippen LogP contribution in [0.25, 0.3) is 0 Å². The van der Waals surface area contributed by atoms with Gasteiger partial charge in [0.2, 0.25) is 0 Å². The average Bonchev–Trinajstić information content (AvgIpc) is 2.68. The number of carboxylic acid groups (broad SMARTS) is 1. The molecule has 0 aromatic heterocycles. The predicted octanol–water partition coefficient (Wildman–Crippen LogP) is 0.910. The van der Waals surface area contributed by atoms with Gasteiger partial charge in [-0.2, -0.15) is 0 Å². The molecule has 6 N–H and O–H groups in total. The van der Waals surface area contributed by atoms with Gasteiger partial charge in [-0.15, -0.1) is 0 Å². The van der Waals surface area contributed by atoms with Crippen molar-refractivity contribution >= 4 is 6.09 Å². The molecule has 27 heavy (non-hydrogen) atoms. The van der Waals surface area contributed by atoms with E-state index in [2.05, 4.69) is 10.6 Å². The summed E-state index contributed by atoms with van der Waals surface area (Å²) in [7, 11) is 0. The van der Waals surface area contributed by atoms with Gasteiger partial charge in [-0.25, -0.2) is 4.79 Å². The zero-order valence-electron chi connectivity index (χ0n) is 14.9. The molecule has 0 saturated carbocycles. The van der Waals surface area contributed by atoms with E-state index < -0.39 is 30.4 Å². The lowest BCUT2D eigenvalue weighted by Crippen LogP contribution is -2.51. The van der Waals surface area contributed by atoms with Crippen molar-refractivity contribution in [2.75, 3.05) is 13.2 Å². The molecule has 0 saturated heterocycles. The van der Waals surface area contributed by atoms with Crippen LogP contribution in [0.15, 0.2) is 60.7 Å². The maximum atomic E-state index is 11.1. The average molecular weight is 374 g/mol. The molecule has 0 heterocycles. The number of nitrogens with one attached hydrogen (secondary N) is 2. The maximum Gasteiger partial charge on any atom is 0.404 e. The first-order chi connectivity index (χ1) is 13.0. The van der Waals surface area contributed by atoms with Crippen molar-refractivity contribution in [3.05, 3.63) is 71.8 Å². The third-order valence-corrected chi connectivity index (χ3v) is 4.38. The molecular weight excluding hydrogens is 348 g/mol. The lowest BCUT2D eigenvalue weighted by Gasteiger charge is -2.27. The summed E-state index contributed by atoms with van der Waals surface area (Å²) >= 11 is 0. The lowest BCUT2D eigenvalue weighted by atomic mass is 9.99. The summed E-state index contributed by atoms with van der Waals surface area (Å²) in [5, 5.41) is 44.7. The third-order valence-electron chi connectivity index (χ3n) is 4.38. The van der Waals surface area contributed by atoms with Gasteiger partial charge in [0.15, 0.2) is 0 Å². The largest absolute Gasteiger partial charge is 0.465 e. The summed E-state index contributed by atoms with van der Waals surface area (Å²) in [6, 6.07) is 16.7. The van der Waals surface area contributed by atoms with Crippen LogP contribution in [0.1, 0.15) is 17.2 Å². The molecule has 0 fully saturated rings. The molecule has 146 valence electrons. The minimum absolute atomic E-state index is 0.00685. The fourth-order valence-electron chi connectivity index (χ4n) is 2.88. The Morgan fingerprint density at radius 2 is 1.52 bits per heavy atom. The Kier molecular flexibility index (Phi) is 8.22. The number of hydrogen-bond acceptors (Lipinski definition) is 5. The molecule has 0 radical (unpaired) electrons. The second kappa shape index (κ2) is 10.6. The highest BCUT2D eigenvalue weighted by Gasteiger charge is 2.25. The quantitative estimate of drug-likeness (QED) is 0.368. The Bertz CT molecular complexity index is 683. The van der Waals surface area contributed by atoms with Gasteiger partial charge in [0.25, 0.3) is 0 Å². The monoisotopic (exact) mass is 374 g/mol. The van der Waals surface area contributed by atoms with E-state index >= 15 is 0 Å². The fourth-order valence-corrected chi connectivity index (χ4v) is 2.88. The molecular formula is C20H26N2O5. The number of amides is 1. The van der Waals surface area contributed by atoms with Crippen molar-refractivity contribution in [3.63, 3.8) is 0 Å². The zero-order valence-corrected chi connectivity index (χ0v) is 14.9. The lowest BCUT2D eigenvalue weighted by molar-refractivity contribution is 0.0690. The van der Waals surface area contributed by atoms with Gasteiger partial charge in [-0.1, -0.05) is 60.7 Å². The molecule has 2 aromatic rings. The van der Waals surface area contributed by atoms with Gasteiger partial charge in [-0.05, 0) is 17.5 Å². The second-order valence-corrected chi connectivity index (χ2v) is 6.37. The van der Waals surface area contributed by atoms with Crippen LogP contribution >= 0.6 is 0 Å². The van der Waals surface area contributed by atoms with E-state index in [4.69, 9.17) is 5.11 Å². The van der Waals surface area contributed by atoms with Gasteiger partial charge in [-0.3, -0.25) is 0 Å². The molecule has 1 amide bonds. The van der Waals surface area contributed by atoms with Crippen molar-refractivity contribution < 1.29 is 25.2 Å². The topological polar surface area (TPSA) is 122 Å². The number of aliphatic hydroxyl groups excluding tert-OH is 3. The molecule has 0 aliphatic carbocycles. The minimum atomic E-state index is -1.22. The molecule has 1 unspecified atom stereocenters. The Morgan fingerprint density at radius 1 is 0.926 bits per heavy atom. The van der Waals surface area contributed by atoms with Crippen LogP contribution in [-0.2, 0) is 6.42 Å². The predicted molar refractivity (Wildman–Crippen MR) is 101 cm³/mol. The molecule has 0 aliphatic heterocycles. The molecule has 7 nitrogen and oxygen atoms in total. The van der Waals surface area contributed by atoms with E-state index in [9.17, 15) is 20.1 Å². The van der Waals surface area contributed by atoms with E-state index in [0.717, 1.165) is 5.56 Å². The molecule has 2 rings (SSSR count). The van der Waals surface area contributed by atoms with Crippen LogP contribution in [-0.4, -0.2) is 57.9 Å². The Morgan fingerprint density at radius 3 is 2.07 bits per heavy atom. The number of aliphatic hydroxyl groups is 3. The first-order valence-electron chi connectivity index (χ1n) is 8.80. The second-order valence-electron chi connectivity index (χ2n) is 6.37. The van der Waals surface area contributed by atoms with Crippen LogP contribution in [0.2, 0.25) is 0 Å². The Labute approximate surface area is 158 Å². The van der Waals surface area contributed by atoms with Gasteiger partial charge in [0.05, 0.1) is 30.9 Å². The van der Waals surface area contributed by atoms with Crippen molar-refractivity contribution in [1.29, 1.82) is 0 Å². The standard InChI is InChI=1S/C20H26N2O5/c23-13-17(19(25)15-9-5-2-6-10-15)21-12-18(24)16(22-20(26)27)11-14-7-3-1-4-8-14/h1-10,16-19,21-25H,11-13H2,(H,26,27)/t16-,17-,18-,19?/m0/s1. The highest BCUT2D eigenvalue weighted by atomic mass is 16.4. The molecule has 0 bridgehead atoms. The van der Waals surface area contributed by atoms with Crippen LogP contribution in [0.4, 0.5) is 4.79 Å². The summed E-state index contributed by atoms with van der Waals surface area (Å²) in [4.78, 5) is 11.1. The van der Waals surface area contributed by atoms with Crippen molar-refractivity contribution in [2.24, 2.45) is 0 Å². The van der Waals surface area contributed by atoms with E-state index in [1.54, 1.807) is 24.3 Å². The molecule has 7 heteroatoms. The van der Waals surface area contributed by atoms with Crippen molar-refractivity contribution in [2.45, 2.75) is 30.7 Å². The van der Waals surface area contributed by atoms with Gasteiger partial charge < -0.3 is 31.1 Å². The first-order valence-corrected chi connectivity index (χ1v) is 8.80. The summed E-state index contributed by atoms with van der Waals surface area (Å²) in [5.41, 5.74) is 1.53. The van der Waals surface area contributed by atoms with E-state index in [-0.39, 0.29) is 13.2 Å². The molecule has 0 spiro atoms. The van der Waals surface area contributed by atoms with Gasteiger partial charge in [0.1, 0.15) is 0 Å². The molecule has 4 atom stereocenters. The van der Waals surface area contributed by atoms with E-state index in [1.807, 2.05) is 36.4 Å². The maximum absolute atomic E-state index is 11.1. The summed E-state index contributed by atoms with van der Waals surface area (Å²) in [5.74, 6) is 0. The summed E-state index contributed by atoms with van der Waals surface area (Å²) < 4.78 is 0. The molecule has 0 aliphatic rings. The third kappa shape index (κ3) is 6.65. The summed E-state index contributed by atoms with van der Waals surface area (Å²) in [6.45, 7) is -0.328. The smallest absolute Gasteiger partial charge is 0.404 e. The highest BCUT2D eigenvalue weighted by Crippen LogP contribution is 2.16. The van der Waals surface area contributed by atoms with E-state index in [1.165, 1.54) is 0 Å². The van der Waals surface area contributed by atoms with Crippen LogP contribution < -0.4 is 10.6 Å². The Hall–Kier alpha value is -2.45. The van der Waals surface area contributed by atoms with E-state index in [0.29, 0.717) is 12.0 Å². The first kappa shape index (κ1) is 20.9. The number of benzene rings is 2. The van der Waals surface area contributed by atoms with Crippen molar-refractivity contribution in [3.8, 4) is 0 Å². The normalized spacial score (nSPS) is 15.5. The fraction of sp³-hybridized carbons (Fsp3) is 0.350. The van der Waals surface area contributed by atoms with Gasteiger partial charge in [0, 0.05) is 6.54 Å². The van der Waals surface area contributed by atoms with Crippen molar-refractivity contribution in [1.82, 2.24) is 10.6 Å². The number of rotatable bonds is 10. The molecule has 2 aromatic carbocycles. The van der Waals surface area contributed by atoms with Crippen LogP contribution in [0.5, 0.6) is 0 Å².